The normalized spacial score (nSPS) is 22.4. The second-order valence-electron chi connectivity index (χ2n) is 4.97. The number of unbranched alkanes of at least 4 members (excludes halogenated alkanes) is 6. The van der Waals surface area contributed by atoms with Gasteiger partial charge in [0.1, 0.15) is 0 Å². The number of rotatable bonds is 8. The second-order valence-corrected chi connectivity index (χ2v) is 4.97. The molecule has 1 unspecified atom stereocenters. The molecule has 2 N–H and O–H groups in total. The molecule has 1 rings (SSSR count). The van der Waals surface area contributed by atoms with Crippen molar-refractivity contribution in [1.82, 2.24) is 4.90 Å². The van der Waals surface area contributed by atoms with E-state index in [1.54, 1.807) is 0 Å². The Hall–Kier alpha value is -0.0800. The lowest BCUT2D eigenvalue weighted by molar-refractivity contribution is 0.323. The fourth-order valence-electron chi connectivity index (χ4n) is 2.36. The molecule has 0 aromatic rings. The molecule has 2 heteroatoms. The molecule has 2 nitrogen and oxygen atoms in total. The zero-order valence-corrected chi connectivity index (χ0v) is 10.4. The van der Waals surface area contributed by atoms with Gasteiger partial charge in [0, 0.05) is 12.6 Å². The van der Waals surface area contributed by atoms with E-state index < -0.39 is 0 Å². The number of hydrogen-bond donors (Lipinski definition) is 1. The van der Waals surface area contributed by atoms with Crippen molar-refractivity contribution in [2.45, 2.75) is 64.3 Å². The smallest absolute Gasteiger partial charge is 0.0180 e. The molecular weight excluding hydrogens is 184 g/mol. The summed E-state index contributed by atoms with van der Waals surface area (Å²) in [5.74, 6) is 0. The molecule has 0 bridgehead atoms. The van der Waals surface area contributed by atoms with Gasteiger partial charge in [-0.15, -0.1) is 0 Å². The molecule has 90 valence electrons. The van der Waals surface area contributed by atoms with E-state index in [1.165, 1.54) is 64.5 Å². The lowest BCUT2D eigenvalue weighted by atomic mass is 10.1. The summed E-state index contributed by atoms with van der Waals surface area (Å²) in [5, 5.41) is 0. The van der Waals surface area contributed by atoms with Gasteiger partial charge in [-0.25, -0.2) is 0 Å². The highest BCUT2D eigenvalue weighted by atomic mass is 15.2. The molecule has 0 radical (unpaired) electrons. The Bertz CT molecular complexity index is 147. The average molecular weight is 212 g/mol. The maximum Gasteiger partial charge on any atom is 0.0180 e. The maximum absolute atomic E-state index is 5.87. The fraction of sp³-hybridized carbons (Fsp3) is 1.00. The highest BCUT2D eigenvalue weighted by Crippen LogP contribution is 2.10. The first-order chi connectivity index (χ1) is 7.33. The van der Waals surface area contributed by atoms with Crippen LogP contribution in [0.3, 0.4) is 0 Å². The molecular formula is C13H28N2. The standard InChI is InChI=1S/C13H28N2/c1-2-3-4-5-6-7-8-10-15-11-9-13(14)12-15/h13H,2-12,14H2,1H3. The first-order valence-corrected chi connectivity index (χ1v) is 6.81. The minimum atomic E-state index is 0.453. The molecule has 0 aliphatic carbocycles. The van der Waals surface area contributed by atoms with Crippen molar-refractivity contribution in [1.29, 1.82) is 0 Å². The third kappa shape index (κ3) is 6.16. The molecule has 0 aromatic heterocycles. The van der Waals surface area contributed by atoms with Gasteiger partial charge in [0.2, 0.25) is 0 Å². The molecule has 0 aromatic carbocycles. The van der Waals surface area contributed by atoms with Crippen LogP contribution in [-0.2, 0) is 0 Å². The van der Waals surface area contributed by atoms with Crippen molar-refractivity contribution < 1.29 is 0 Å². The van der Waals surface area contributed by atoms with Crippen LogP contribution in [0, 0.1) is 0 Å². The van der Waals surface area contributed by atoms with Crippen molar-refractivity contribution in [3.05, 3.63) is 0 Å². The Kier molecular flexibility index (Phi) is 7.03. The minimum Gasteiger partial charge on any atom is -0.326 e. The zero-order chi connectivity index (χ0) is 10.9. The number of nitrogens with zero attached hydrogens (tertiary/aromatic N) is 1. The highest BCUT2D eigenvalue weighted by molar-refractivity contribution is 4.77. The van der Waals surface area contributed by atoms with Crippen LogP contribution in [-0.4, -0.2) is 30.6 Å². The van der Waals surface area contributed by atoms with Crippen molar-refractivity contribution in [2.24, 2.45) is 5.73 Å². The fourth-order valence-corrected chi connectivity index (χ4v) is 2.36. The Morgan fingerprint density at radius 2 is 1.73 bits per heavy atom. The van der Waals surface area contributed by atoms with E-state index in [1.807, 2.05) is 0 Å². The molecule has 1 aliphatic heterocycles. The predicted octanol–water partition coefficient (Wildman–Crippen LogP) is 2.77. The molecule has 1 fully saturated rings. The Labute approximate surface area is 95.2 Å². The van der Waals surface area contributed by atoms with Gasteiger partial charge >= 0.3 is 0 Å². The summed E-state index contributed by atoms with van der Waals surface area (Å²) < 4.78 is 0. The summed E-state index contributed by atoms with van der Waals surface area (Å²) in [4.78, 5) is 2.52. The molecule has 15 heavy (non-hydrogen) atoms. The lowest BCUT2D eigenvalue weighted by Gasteiger charge is -2.14. The summed E-state index contributed by atoms with van der Waals surface area (Å²) in [5.41, 5.74) is 5.87. The molecule has 1 aliphatic rings. The van der Waals surface area contributed by atoms with Gasteiger partial charge in [-0.2, -0.15) is 0 Å². The summed E-state index contributed by atoms with van der Waals surface area (Å²) in [6, 6.07) is 0.453. The largest absolute Gasteiger partial charge is 0.326 e. The summed E-state index contributed by atoms with van der Waals surface area (Å²) in [7, 11) is 0. The van der Waals surface area contributed by atoms with Gasteiger partial charge < -0.3 is 10.6 Å². The van der Waals surface area contributed by atoms with Gasteiger partial charge in [-0.05, 0) is 25.9 Å². The van der Waals surface area contributed by atoms with Gasteiger partial charge in [0.15, 0.2) is 0 Å². The van der Waals surface area contributed by atoms with Crippen molar-refractivity contribution in [3.8, 4) is 0 Å². The summed E-state index contributed by atoms with van der Waals surface area (Å²) >= 11 is 0. The SMILES string of the molecule is CCCCCCCCCN1CCC(N)C1. The van der Waals surface area contributed by atoms with Crippen LogP contribution in [0.2, 0.25) is 0 Å². The monoisotopic (exact) mass is 212 g/mol. The van der Waals surface area contributed by atoms with Gasteiger partial charge in [0.25, 0.3) is 0 Å². The average Bonchev–Trinajstić information content (AvgIpc) is 2.63. The lowest BCUT2D eigenvalue weighted by Crippen LogP contribution is -2.27. The first kappa shape index (κ1) is 13.0. The maximum atomic E-state index is 5.87. The van der Waals surface area contributed by atoms with E-state index >= 15 is 0 Å². The van der Waals surface area contributed by atoms with Gasteiger partial charge in [-0.3, -0.25) is 0 Å². The molecule has 0 amide bonds. The van der Waals surface area contributed by atoms with Crippen molar-refractivity contribution in [3.63, 3.8) is 0 Å². The second kappa shape index (κ2) is 8.12. The number of likely N-dealkylation sites (tertiary alicyclic amines) is 1. The van der Waals surface area contributed by atoms with E-state index in [9.17, 15) is 0 Å². The van der Waals surface area contributed by atoms with Crippen LogP contribution in [0.1, 0.15) is 58.3 Å². The summed E-state index contributed by atoms with van der Waals surface area (Å²) in [6.45, 7) is 5.92. The van der Waals surface area contributed by atoms with Crippen LogP contribution in [0.4, 0.5) is 0 Å². The minimum absolute atomic E-state index is 0.453. The van der Waals surface area contributed by atoms with Crippen LogP contribution >= 0.6 is 0 Å². The van der Waals surface area contributed by atoms with Crippen molar-refractivity contribution >= 4 is 0 Å². The topological polar surface area (TPSA) is 29.3 Å². The van der Waals surface area contributed by atoms with Crippen LogP contribution in [0.25, 0.3) is 0 Å². The van der Waals surface area contributed by atoms with E-state index in [4.69, 9.17) is 5.73 Å². The molecule has 0 saturated carbocycles. The van der Waals surface area contributed by atoms with E-state index in [0.717, 1.165) is 6.54 Å². The zero-order valence-electron chi connectivity index (χ0n) is 10.4. The highest BCUT2D eigenvalue weighted by Gasteiger charge is 2.17. The molecule has 0 spiro atoms. The Morgan fingerprint density at radius 1 is 1.07 bits per heavy atom. The third-order valence-electron chi connectivity index (χ3n) is 3.39. The van der Waals surface area contributed by atoms with E-state index in [2.05, 4.69) is 11.8 Å². The number of hydrogen-bond acceptors (Lipinski definition) is 2. The van der Waals surface area contributed by atoms with Crippen LogP contribution in [0.15, 0.2) is 0 Å². The van der Waals surface area contributed by atoms with Crippen molar-refractivity contribution in [2.75, 3.05) is 19.6 Å². The van der Waals surface area contributed by atoms with E-state index in [-0.39, 0.29) is 0 Å². The first-order valence-electron chi connectivity index (χ1n) is 6.81. The molecule has 1 atom stereocenters. The summed E-state index contributed by atoms with van der Waals surface area (Å²) in [6.07, 6.45) is 11.1. The molecule has 1 saturated heterocycles. The number of nitrogens with two attached hydrogens (primary N) is 1. The third-order valence-corrected chi connectivity index (χ3v) is 3.39. The van der Waals surface area contributed by atoms with Gasteiger partial charge in [-0.1, -0.05) is 45.4 Å². The Morgan fingerprint density at radius 3 is 2.33 bits per heavy atom. The predicted molar refractivity (Wildman–Crippen MR) is 67.0 cm³/mol. The van der Waals surface area contributed by atoms with E-state index in [0.29, 0.717) is 6.04 Å². The molecule has 1 heterocycles. The van der Waals surface area contributed by atoms with Crippen LogP contribution in [0.5, 0.6) is 0 Å². The van der Waals surface area contributed by atoms with Crippen LogP contribution < -0.4 is 5.73 Å². The van der Waals surface area contributed by atoms with Gasteiger partial charge in [0.05, 0.1) is 0 Å². The quantitative estimate of drug-likeness (QED) is 0.627. The Balaban J connectivity index is 1.81.